The first-order valence-electron chi connectivity index (χ1n) is 4.66. The van der Waals surface area contributed by atoms with Gasteiger partial charge < -0.3 is 10.2 Å². The summed E-state index contributed by atoms with van der Waals surface area (Å²) in [5.74, 6) is 6.02. The van der Waals surface area contributed by atoms with Crippen molar-refractivity contribution in [3.63, 3.8) is 0 Å². The molecule has 12 heavy (non-hydrogen) atoms. The zero-order chi connectivity index (χ0) is 8.81. The topological polar surface area (TPSA) is 15.3 Å². The van der Waals surface area contributed by atoms with Gasteiger partial charge in [0.25, 0.3) is 0 Å². The van der Waals surface area contributed by atoms with Crippen LogP contribution >= 0.6 is 0 Å². The highest BCUT2D eigenvalue weighted by Crippen LogP contribution is 2.08. The summed E-state index contributed by atoms with van der Waals surface area (Å²) in [6.45, 7) is 5.47. The van der Waals surface area contributed by atoms with Crippen molar-refractivity contribution in [3.8, 4) is 11.8 Å². The molecule has 1 rings (SSSR count). The van der Waals surface area contributed by atoms with Gasteiger partial charge in [-0.1, -0.05) is 0 Å². The van der Waals surface area contributed by atoms with E-state index in [1.807, 2.05) is 14.0 Å². The predicted molar refractivity (Wildman–Crippen MR) is 52.0 cm³/mol. The van der Waals surface area contributed by atoms with Crippen LogP contribution in [0.5, 0.6) is 0 Å². The second kappa shape index (κ2) is 5.18. The summed E-state index contributed by atoms with van der Waals surface area (Å²) >= 11 is 0. The molecule has 0 saturated carbocycles. The number of likely N-dealkylation sites (N-methyl/N-ethyl adjacent to an activating group) is 1. The van der Waals surface area contributed by atoms with Crippen LogP contribution in [-0.2, 0) is 0 Å². The Kier molecular flexibility index (Phi) is 4.13. The molecular formula is C10H18N2. The average Bonchev–Trinajstić information content (AvgIpc) is 2.53. The molecule has 1 atom stereocenters. The maximum absolute atomic E-state index is 3.31. The van der Waals surface area contributed by atoms with Crippen molar-refractivity contribution in [1.29, 1.82) is 0 Å². The number of hydrogen-bond acceptors (Lipinski definition) is 2. The van der Waals surface area contributed by atoms with E-state index in [2.05, 4.69) is 22.1 Å². The number of rotatable bonds is 3. The fourth-order valence-corrected chi connectivity index (χ4v) is 1.61. The smallest absolute Gasteiger partial charge is 0.0216 e. The first-order valence-corrected chi connectivity index (χ1v) is 4.66. The van der Waals surface area contributed by atoms with Crippen molar-refractivity contribution in [3.05, 3.63) is 0 Å². The minimum atomic E-state index is 0.708. The Morgan fingerprint density at radius 2 is 2.42 bits per heavy atom. The van der Waals surface area contributed by atoms with E-state index in [-0.39, 0.29) is 0 Å². The van der Waals surface area contributed by atoms with Crippen LogP contribution in [0, 0.1) is 11.8 Å². The third-order valence-corrected chi connectivity index (χ3v) is 2.41. The lowest BCUT2D eigenvalue weighted by atomic mass is 10.3. The molecule has 1 aliphatic heterocycles. The Hall–Kier alpha value is -0.520. The lowest BCUT2D eigenvalue weighted by Crippen LogP contribution is -2.29. The van der Waals surface area contributed by atoms with E-state index < -0.39 is 0 Å². The Bertz CT molecular complexity index is 178. The highest BCUT2D eigenvalue weighted by atomic mass is 15.2. The summed E-state index contributed by atoms with van der Waals surface area (Å²) in [6.07, 6.45) is 2.31. The van der Waals surface area contributed by atoms with Gasteiger partial charge in [0.1, 0.15) is 0 Å². The molecule has 0 aromatic heterocycles. The van der Waals surface area contributed by atoms with Crippen LogP contribution < -0.4 is 5.32 Å². The molecule has 1 saturated heterocycles. The van der Waals surface area contributed by atoms with Crippen molar-refractivity contribution in [2.45, 2.75) is 25.8 Å². The molecule has 1 N–H and O–H groups in total. The van der Waals surface area contributed by atoms with Crippen LogP contribution in [0.1, 0.15) is 19.8 Å². The Labute approximate surface area is 75.3 Å². The second-order valence-corrected chi connectivity index (χ2v) is 3.25. The summed E-state index contributed by atoms with van der Waals surface area (Å²) < 4.78 is 0. The van der Waals surface area contributed by atoms with Crippen LogP contribution in [0.3, 0.4) is 0 Å². The maximum Gasteiger partial charge on any atom is 0.0216 e. The van der Waals surface area contributed by atoms with Crippen LogP contribution in [0.4, 0.5) is 0 Å². The van der Waals surface area contributed by atoms with Gasteiger partial charge in [0.05, 0.1) is 0 Å². The molecule has 0 aromatic rings. The van der Waals surface area contributed by atoms with Gasteiger partial charge >= 0.3 is 0 Å². The number of likely N-dealkylation sites (tertiary alicyclic amines) is 1. The lowest BCUT2D eigenvalue weighted by Gasteiger charge is -2.13. The molecule has 0 aromatic carbocycles. The van der Waals surface area contributed by atoms with Gasteiger partial charge in [-0.25, -0.2) is 0 Å². The Balaban J connectivity index is 2.13. The van der Waals surface area contributed by atoms with Crippen molar-refractivity contribution in [2.75, 3.05) is 26.7 Å². The van der Waals surface area contributed by atoms with Gasteiger partial charge in [0.15, 0.2) is 0 Å². The molecule has 1 aliphatic rings. The molecule has 2 heteroatoms. The highest BCUT2D eigenvalue weighted by molar-refractivity contribution is 4.96. The second-order valence-electron chi connectivity index (χ2n) is 3.25. The Morgan fingerprint density at radius 1 is 1.58 bits per heavy atom. The summed E-state index contributed by atoms with van der Waals surface area (Å²) in [5.41, 5.74) is 0. The van der Waals surface area contributed by atoms with Gasteiger partial charge in [0, 0.05) is 25.6 Å². The largest absolute Gasteiger partial charge is 0.316 e. The van der Waals surface area contributed by atoms with E-state index in [0.717, 1.165) is 13.0 Å². The molecule has 0 spiro atoms. The van der Waals surface area contributed by atoms with Crippen molar-refractivity contribution >= 4 is 0 Å². The molecule has 0 amide bonds. The fraction of sp³-hybridized carbons (Fsp3) is 0.800. The van der Waals surface area contributed by atoms with Crippen LogP contribution in [-0.4, -0.2) is 37.6 Å². The summed E-state index contributed by atoms with van der Waals surface area (Å²) in [5, 5.41) is 3.31. The molecule has 1 fully saturated rings. The molecule has 0 bridgehead atoms. The third kappa shape index (κ3) is 2.84. The van der Waals surface area contributed by atoms with Crippen LogP contribution in [0.2, 0.25) is 0 Å². The maximum atomic E-state index is 3.31. The van der Waals surface area contributed by atoms with Gasteiger partial charge in [-0.05, 0) is 26.9 Å². The van der Waals surface area contributed by atoms with Crippen molar-refractivity contribution in [2.24, 2.45) is 0 Å². The molecular weight excluding hydrogens is 148 g/mol. The summed E-state index contributed by atoms with van der Waals surface area (Å²) in [7, 11) is 2.04. The minimum Gasteiger partial charge on any atom is -0.316 e. The van der Waals surface area contributed by atoms with Crippen molar-refractivity contribution < 1.29 is 0 Å². The highest BCUT2D eigenvalue weighted by Gasteiger charge is 2.19. The van der Waals surface area contributed by atoms with E-state index in [1.165, 1.54) is 19.5 Å². The van der Waals surface area contributed by atoms with Gasteiger partial charge in [0.2, 0.25) is 0 Å². The third-order valence-electron chi connectivity index (χ3n) is 2.41. The van der Waals surface area contributed by atoms with E-state index >= 15 is 0 Å². The summed E-state index contributed by atoms with van der Waals surface area (Å²) in [6, 6.07) is 0.708. The quantitative estimate of drug-likeness (QED) is 0.621. The average molecular weight is 166 g/mol. The van der Waals surface area contributed by atoms with Gasteiger partial charge in [-0.15, -0.1) is 11.8 Å². The zero-order valence-electron chi connectivity index (χ0n) is 8.06. The zero-order valence-corrected chi connectivity index (χ0v) is 8.06. The summed E-state index contributed by atoms with van der Waals surface area (Å²) in [4.78, 5) is 2.48. The standard InChI is InChI=1S/C10H18N2/c1-3-4-5-7-12-8-6-10(9-12)11-2/h10-11H,5-9H2,1-2H3. The molecule has 1 unspecified atom stereocenters. The number of nitrogens with one attached hydrogen (secondary N) is 1. The fourth-order valence-electron chi connectivity index (χ4n) is 1.61. The van der Waals surface area contributed by atoms with E-state index in [1.54, 1.807) is 0 Å². The molecule has 0 radical (unpaired) electrons. The van der Waals surface area contributed by atoms with Crippen LogP contribution in [0.15, 0.2) is 0 Å². The lowest BCUT2D eigenvalue weighted by molar-refractivity contribution is 0.338. The molecule has 68 valence electrons. The number of nitrogens with zero attached hydrogens (tertiary/aromatic N) is 1. The van der Waals surface area contributed by atoms with Gasteiger partial charge in [-0.2, -0.15) is 0 Å². The minimum absolute atomic E-state index is 0.708. The van der Waals surface area contributed by atoms with Crippen molar-refractivity contribution in [1.82, 2.24) is 10.2 Å². The molecule has 1 heterocycles. The number of hydrogen-bond donors (Lipinski definition) is 1. The SMILES string of the molecule is CC#CCCN1CCC(NC)C1. The molecule has 0 aliphatic carbocycles. The van der Waals surface area contributed by atoms with E-state index in [4.69, 9.17) is 0 Å². The van der Waals surface area contributed by atoms with E-state index in [0.29, 0.717) is 6.04 Å². The van der Waals surface area contributed by atoms with Crippen LogP contribution in [0.25, 0.3) is 0 Å². The normalized spacial score (nSPS) is 23.7. The Morgan fingerprint density at radius 3 is 3.00 bits per heavy atom. The predicted octanol–water partition coefficient (Wildman–Crippen LogP) is 0.694. The van der Waals surface area contributed by atoms with E-state index in [9.17, 15) is 0 Å². The first-order chi connectivity index (χ1) is 5.86. The van der Waals surface area contributed by atoms with Gasteiger partial charge in [-0.3, -0.25) is 0 Å². The molecule has 2 nitrogen and oxygen atoms in total. The first kappa shape index (κ1) is 9.57. The monoisotopic (exact) mass is 166 g/mol.